The van der Waals surface area contributed by atoms with Crippen molar-refractivity contribution in [2.45, 2.75) is 32.7 Å². The molecule has 0 aliphatic heterocycles. The molecule has 0 aromatic heterocycles. The number of amides is 1. The standard InChI is InChI=1S/C15H19NO3/c1-11-5-3-6-12(9-11)10-16(2)13(17)15(14(18)19)7-4-8-15/h3,5-6,9H,4,7-8,10H2,1-2H3,(H,18,19). The summed E-state index contributed by atoms with van der Waals surface area (Å²) in [6, 6.07) is 7.90. The van der Waals surface area contributed by atoms with Crippen LogP contribution in [0.2, 0.25) is 0 Å². The summed E-state index contributed by atoms with van der Waals surface area (Å²) in [6.07, 6.45) is 1.73. The third kappa shape index (κ3) is 2.48. The van der Waals surface area contributed by atoms with Crippen LogP contribution in [0.15, 0.2) is 24.3 Å². The molecule has 1 amide bonds. The summed E-state index contributed by atoms with van der Waals surface area (Å²) in [7, 11) is 1.67. The molecule has 4 heteroatoms. The maximum Gasteiger partial charge on any atom is 0.319 e. The largest absolute Gasteiger partial charge is 0.480 e. The second-order valence-corrected chi connectivity index (χ2v) is 5.39. The first-order valence-electron chi connectivity index (χ1n) is 6.50. The number of carboxylic acid groups (broad SMARTS) is 1. The maximum atomic E-state index is 12.3. The smallest absolute Gasteiger partial charge is 0.319 e. The number of aliphatic carboxylic acids is 1. The van der Waals surface area contributed by atoms with Crippen molar-refractivity contribution in [2.75, 3.05) is 7.05 Å². The quantitative estimate of drug-likeness (QED) is 0.845. The molecule has 1 N–H and O–H groups in total. The van der Waals surface area contributed by atoms with E-state index in [9.17, 15) is 14.7 Å². The van der Waals surface area contributed by atoms with Crippen LogP contribution in [0, 0.1) is 12.3 Å². The molecule has 0 atom stereocenters. The molecule has 1 aromatic rings. The third-order valence-electron chi connectivity index (χ3n) is 3.87. The average molecular weight is 261 g/mol. The molecule has 19 heavy (non-hydrogen) atoms. The minimum absolute atomic E-state index is 0.271. The molecule has 0 spiro atoms. The lowest BCUT2D eigenvalue weighted by Gasteiger charge is -2.38. The van der Waals surface area contributed by atoms with E-state index in [1.165, 1.54) is 4.90 Å². The first-order valence-corrected chi connectivity index (χ1v) is 6.50. The Kier molecular flexibility index (Phi) is 3.60. The van der Waals surface area contributed by atoms with E-state index in [0.717, 1.165) is 17.5 Å². The van der Waals surface area contributed by atoms with E-state index < -0.39 is 11.4 Å². The van der Waals surface area contributed by atoms with Gasteiger partial charge >= 0.3 is 5.97 Å². The van der Waals surface area contributed by atoms with Crippen LogP contribution in [-0.2, 0) is 16.1 Å². The van der Waals surface area contributed by atoms with E-state index in [1.54, 1.807) is 7.05 Å². The number of hydrogen-bond acceptors (Lipinski definition) is 2. The van der Waals surface area contributed by atoms with Gasteiger partial charge in [-0.1, -0.05) is 36.2 Å². The first-order chi connectivity index (χ1) is 8.95. The normalized spacial score (nSPS) is 16.5. The van der Waals surface area contributed by atoms with Gasteiger partial charge in [0.15, 0.2) is 0 Å². The molecule has 2 rings (SSSR count). The lowest BCUT2D eigenvalue weighted by atomic mass is 9.68. The van der Waals surface area contributed by atoms with Gasteiger partial charge in [-0.2, -0.15) is 0 Å². The predicted molar refractivity (Wildman–Crippen MR) is 71.6 cm³/mol. The van der Waals surface area contributed by atoms with Crippen LogP contribution in [0.3, 0.4) is 0 Å². The van der Waals surface area contributed by atoms with Gasteiger partial charge in [-0.15, -0.1) is 0 Å². The molecule has 1 aliphatic rings. The lowest BCUT2D eigenvalue weighted by Crippen LogP contribution is -2.51. The molecule has 1 fully saturated rings. The van der Waals surface area contributed by atoms with Crippen LogP contribution in [0.25, 0.3) is 0 Å². The monoisotopic (exact) mass is 261 g/mol. The van der Waals surface area contributed by atoms with Crippen LogP contribution in [0.1, 0.15) is 30.4 Å². The molecule has 0 unspecified atom stereocenters. The summed E-state index contributed by atoms with van der Waals surface area (Å²) >= 11 is 0. The van der Waals surface area contributed by atoms with Crippen molar-refractivity contribution >= 4 is 11.9 Å². The first kappa shape index (κ1) is 13.6. The zero-order valence-corrected chi connectivity index (χ0v) is 11.3. The summed E-state index contributed by atoms with van der Waals surface area (Å²) in [5, 5.41) is 9.27. The second kappa shape index (κ2) is 5.03. The van der Waals surface area contributed by atoms with Crippen molar-refractivity contribution in [3.8, 4) is 0 Å². The summed E-state index contributed by atoms with van der Waals surface area (Å²) < 4.78 is 0. The Bertz CT molecular complexity index is 506. The molecular formula is C15H19NO3. The van der Waals surface area contributed by atoms with Crippen LogP contribution >= 0.6 is 0 Å². The summed E-state index contributed by atoms with van der Waals surface area (Å²) in [5.74, 6) is -1.26. The van der Waals surface area contributed by atoms with Crippen molar-refractivity contribution in [2.24, 2.45) is 5.41 Å². The Morgan fingerprint density at radius 1 is 1.37 bits per heavy atom. The molecule has 0 radical (unpaired) electrons. The van der Waals surface area contributed by atoms with Crippen molar-refractivity contribution < 1.29 is 14.7 Å². The van der Waals surface area contributed by atoms with Gasteiger partial charge in [0.2, 0.25) is 5.91 Å². The molecule has 1 saturated carbocycles. The Labute approximate surface area is 113 Å². The van der Waals surface area contributed by atoms with E-state index in [-0.39, 0.29) is 5.91 Å². The molecule has 0 saturated heterocycles. The number of benzene rings is 1. The number of carbonyl (C=O) groups excluding carboxylic acids is 1. The predicted octanol–water partition coefficient (Wildman–Crippen LogP) is 2.21. The van der Waals surface area contributed by atoms with Crippen molar-refractivity contribution in [3.63, 3.8) is 0 Å². The van der Waals surface area contributed by atoms with Crippen LogP contribution in [-0.4, -0.2) is 28.9 Å². The van der Waals surface area contributed by atoms with Gasteiger partial charge in [-0.05, 0) is 25.3 Å². The Morgan fingerprint density at radius 2 is 2.05 bits per heavy atom. The third-order valence-corrected chi connectivity index (χ3v) is 3.87. The molecular weight excluding hydrogens is 242 g/mol. The Balaban J connectivity index is 2.09. The number of carboxylic acids is 1. The van der Waals surface area contributed by atoms with Gasteiger partial charge in [0.05, 0.1) is 0 Å². The fraction of sp³-hybridized carbons (Fsp3) is 0.467. The van der Waals surface area contributed by atoms with Crippen LogP contribution in [0.4, 0.5) is 0 Å². The SMILES string of the molecule is Cc1cccc(CN(C)C(=O)C2(C(=O)O)CCC2)c1. The van der Waals surface area contributed by atoms with Crippen LogP contribution in [0.5, 0.6) is 0 Å². The Morgan fingerprint density at radius 3 is 2.53 bits per heavy atom. The molecule has 1 aliphatic carbocycles. The minimum Gasteiger partial charge on any atom is -0.480 e. The molecule has 1 aromatic carbocycles. The fourth-order valence-electron chi connectivity index (χ4n) is 2.57. The average Bonchev–Trinajstić information content (AvgIpc) is 2.26. The van der Waals surface area contributed by atoms with Crippen LogP contribution < -0.4 is 0 Å². The van der Waals surface area contributed by atoms with Gasteiger partial charge in [0.25, 0.3) is 0 Å². The van der Waals surface area contributed by atoms with E-state index in [4.69, 9.17) is 0 Å². The van der Waals surface area contributed by atoms with Gasteiger partial charge < -0.3 is 10.0 Å². The second-order valence-electron chi connectivity index (χ2n) is 5.39. The van der Waals surface area contributed by atoms with E-state index in [1.807, 2.05) is 31.2 Å². The topological polar surface area (TPSA) is 57.6 Å². The molecule has 0 bridgehead atoms. The minimum atomic E-state index is -1.17. The summed E-state index contributed by atoms with van der Waals surface area (Å²) in [6.45, 7) is 2.45. The number of carbonyl (C=O) groups is 2. The zero-order valence-electron chi connectivity index (χ0n) is 11.3. The fourth-order valence-corrected chi connectivity index (χ4v) is 2.57. The number of rotatable bonds is 4. The maximum absolute atomic E-state index is 12.3. The molecule has 4 nitrogen and oxygen atoms in total. The summed E-state index contributed by atoms with van der Waals surface area (Å²) in [5.41, 5.74) is 0.990. The van der Waals surface area contributed by atoms with Gasteiger partial charge in [0, 0.05) is 13.6 Å². The highest BCUT2D eigenvalue weighted by Gasteiger charge is 2.52. The molecule has 0 heterocycles. The van der Waals surface area contributed by atoms with Crippen molar-refractivity contribution in [1.29, 1.82) is 0 Å². The van der Waals surface area contributed by atoms with Gasteiger partial charge in [0.1, 0.15) is 5.41 Å². The Hall–Kier alpha value is -1.84. The highest BCUT2D eigenvalue weighted by Crippen LogP contribution is 2.42. The summed E-state index contributed by atoms with van der Waals surface area (Å²) in [4.78, 5) is 25.2. The van der Waals surface area contributed by atoms with Gasteiger partial charge in [-0.3, -0.25) is 9.59 Å². The van der Waals surface area contributed by atoms with E-state index in [2.05, 4.69) is 0 Å². The number of aryl methyl sites for hydroxylation is 1. The van der Waals surface area contributed by atoms with E-state index in [0.29, 0.717) is 19.4 Å². The number of hydrogen-bond donors (Lipinski definition) is 1. The number of nitrogens with zero attached hydrogens (tertiary/aromatic N) is 1. The highest BCUT2D eigenvalue weighted by molar-refractivity contribution is 6.02. The molecule has 102 valence electrons. The highest BCUT2D eigenvalue weighted by atomic mass is 16.4. The lowest BCUT2D eigenvalue weighted by molar-refractivity contribution is -0.167. The van der Waals surface area contributed by atoms with Crippen molar-refractivity contribution in [1.82, 2.24) is 4.90 Å². The van der Waals surface area contributed by atoms with Gasteiger partial charge in [-0.25, -0.2) is 0 Å². The zero-order chi connectivity index (χ0) is 14.0. The van der Waals surface area contributed by atoms with E-state index >= 15 is 0 Å². The van der Waals surface area contributed by atoms with Crippen molar-refractivity contribution in [3.05, 3.63) is 35.4 Å².